The van der Waals surface area contributed by atoms with E-state index < -0.39 is 5.54 Å². The average Bonchev–Trinajstić information content (AvgIpc) is 3.35. The average molecular weight is 379 g/mol. The lowest BCUT2D eigenvalue weighted by Crippen LogP contribution is -2.34. The summed E-state index contributed by atoms with van der Waals surface area (Å²) in [6.07, 6.45) is 4.85. The van der Waals surface area contributed by atoms with Crippen molar-refractivity contribution < 1.29 is 4.52 Å². The quantitative estimate of drug-likeness (QED) is 0.713. The molecule has 1 saturated carbocycles. The molecular weight excluding hydrogens is 356 g/mol. The predicted molar refractivity (Wildman–Crippen MR) is 106 cm³/mol. The number of para-hydroxylation sites is 2. The van der Waals surface area contributed by atoms with E-state index in [1.54, 1.807) is 0 Å². The molecule has 0 bridgehead atoms. The van der Waals surface area contributed by atoms with Crippen LogP contribution in [0.3, 0.4) is 0 Å². The van der Waals surface area contributed by atoms with Gasteiger partial charge in [0.2, 0.25) is 5.89 Å². The van der Waals surface area contributed by atoms with Crippen molar-refractivity contribution >= 4 is 23.1 Å². The number of nitrogens with two attached hydrogens (primary N) is 1. The van der Waals surface area contributed by atoms with E-state index in [9.17, 15) is 0 Å². The molecule has 0 spiro atoms. The Bertz CT molecular complexity index is 919. The number of fused-ring (bicyclic) bond motifs is 2. The summed E-state index contributed by atoms with van der Waals surface area (Å²) in [5, 5.41) is 4.19. The number of hydrogen-bond acceptors (Lipinski definition) is 6. The van der Waals surface area contributed by atoms with Gasteiger partial charge in [-0.1, -0.05) is 54.0 Å². The summed E-state index contributed by atoms with van der Waals surface area (Å²) in [7, 11) is 0. The Balaban J connectivity index is 1.39. The van der Waals surface area contributed by atoms with Crippen molar-refractivity contribution in [2.75, 3.05) is 11.4 Å². The van der Waals surface area contributed by atoms with Crippen molar-refractivity contribution in [1.82, 2.24) is 10.1 Å². The molecule has 0 saturated heterocycles. The third-order valence-electron chi connectivity index (χ3n) is 5.49. The van der Waals surface area contributed by atoms with Crippen molar-refractivity contribution in [1.29, 1.82) is 0 Å². The molecule has 2 aromatic carbocycles. The predicted octanol–water partition coefficient (Wildman–Crippen LogP) is 4.64. The van der Waals surface area contributed by atoms with Gasteiger partial charge in [-0.3, -0.25) is 0 Å². The summed E-state index contributed by atoms with van der Waals surface area (Å²) in [4.78, 5) is 9.52. The van der Waals surface area contributed by atoms with Gasteiger partial charge in [0.1, 0.15) is 0 Å². The molecule has 2 aliphatic rings. The molecule has 5 rings (SSSR count). The van der Waals surface area contributed by atoms with Crippen LogP contribution in [-0.4, -0.2) is 16.7 Å². The van der Waals surface area contributed by atoms with Crippen LogP contribution >= 0.6 is 11.8 Å². The van der Waals surface area contributed by atoms with Crippen LogP contribution in [0.15, 0.2) is 62.8 Å². The molecule has 5 nitrogen and oxygen atoms in total. The third-order valence-corrected chi connectivity index (χ3v) is 6.62. The first-order valence-electron chi connectivity index (χ1n) is 9.48. The Kier molecular flexibility index (Phi) is 4.17. The van der Waals surface area contributed by atoms with E-state index in [0.29, 0.717) is 18.1 Å². The molecular formula is C21H22N4OS. The summed E-state index contributed by atoms with van der Waals surface area (Å²) in [6, 6.07) is 17.0. The Hall–Kier alpha value is -2.31. The highest BCUT2D eigenvalue weighted by molar-refractivity contribution is 7.99. The van der Waals surface area contributed by atoms with Crippen LogP contribution in [-0.2, 0) is 12.0 Å². The van der Waals surface area contributed by atoms with Gasteiger partial charge in [0.15, 0.2) is 5.82 Å². The van der Waals surface area contributed by atoms with Crippen LogP contribution in [0.5, 0.6) is 0 Å². The van der Waals surface area contributed by atoms with E-state index >= 15 is 0 Å². The normalized spacial score (nSPS) is 17.6. The lowest BCUT2D eigenvalue weighted by Gasteiger charge is -2.32. The summed E-state index contributed by atoms with van der Waals surface area (Å²) < 4.78 is 5.54. The maximum Gasteiger partial charge on any atom is 0.228 e. The number of hydrogen-bond donors (Lipinski definition) is 1. The number of anilines is 2. The molecule has 27 heavy (non-hydrogen) atoms. The van der Waals surface area contributed by atoms with E-state index in [2.05, 4.69) is 63.6 Å². The fourth-order valence-electron chi connectivity index (χ4n) is 4.02. The van der Waals surface area contributed by atoms with Crippen molar-refractivity contribution in [2.24, 2.45) is 5.73 Å². The second-order valence-corrected chi connectivity index (χ2v) is 8.40. The Labute approximate surface area is 162 Å². The van der Waals surface area contributed by atoms with Gasteiger partial charge < -0.3 is 15.2 Å². The molecule has 1 fully saturated rings. The van der Waals surface area contributed by atoms with Crippen LogP contribution < -0.4 is 10.6 Å². The topological polar surface area (TPSA) is 68.2 Å². The molecule has 1 aliphatic carbocycles. The van der Waals surface area contributed by atoms with Gasteiger partial charge in [0.05, 0.1) is 16.9 Å². The summed E-state index contributed by atoms with van der Waals surface area (Å²) in [5.74, 6) is 1.33. The minimum atomic E-state index is -0.400. The second-order valence-electron chi connectivity index (χ2n) is 7.31. The second kappa shape index (κ2) is 6.69. The van der Waals surface area contributed by atoms with Gasteiger partial charge in [-0.25, -0.2) is 0 Å². The SMILES string of the molecule is NC1(c2noc(CCN3c4ccccc4Sc4ccccc43)n2)CCCC1. The number of nitrogens with zero attached hydrogens (tertiary/aromatic N) is 3. The molecule has 6 heteroatoms. The smallest absolute Gasteiger partial charge is 0.228 e. The Morgan fingerprint density at radius 2 is 1.63 bits per heavy atom. The molecule has 3 aromatic rings. The lowest BCUT2D eigenvalue weighted by molar-refractivity contribution is 0.349. The van der Waals surface area contributed by atoms with Gasteiger partial charge in [-0.2, -0.15) is 4.98 Å². The molecule has 2 heterocycles. The maximum absolute atomic E-state index is 6.46. The Morgan fingerprint density at radius 1 is 1.00 bits per heavy atom. The highest BCUT2D eigenvalue weighted by Gasteiger charge is 2.36. The molecule has 0 amide bonds. The molecule has 0 unspecified atom stereocenters. The summed E-state index contributed by atoms with van der Waals surface area (Å²) in [5.41, 5.74) is 8.52. The first-order chi connectivity index (χ1) is 13.2. The highest BCUT2D eigenvalue weighted by Crippen LogP contribution is 2.47. The van der Waals surface area contributed by atoms with E-state index in [-0.39, 0.29) is 0 Å². The van der Waals surface area contributed by atoms with Gasteiger partial charge in [-0.15, -0.1) is 0 Å². The maximum atomic E-state index is 6.46. The molecule has 0 atom stereocenters. The van der Waals surface area contributed by atoms with Crippen LogP contribution in [0.1, 0.15) is 37.4 Å². The van der Waals surface area contributed by atoms with Gasteiger partial charge in [0.25, 0.3) is 0 Å². The van der Waals surface area contributed by atoms with E-state index in [0.717, 1.165) is 32.2 Å². The highest BCUT2D eigenvalue weighted by atomic mass is 32.2. The first-order valence-corrected chi connectivity index (χ1v) is 10.3. The Morgan fingerprint density at radius 3 is 2.30 bits per heavy atom. The zero-order valence-electron chi connectivity index (χ0n) is 15.1. The molecule has 1 aromatic heterocycles. The zero-order chi connectivity index (χ0) is 18.3. The van der Waals surface area contributed by atoms with Gasteiger partial charge in [-0.05, 0) is 37.1 Å². The minimum Gasteiger partial charge on any atom is -0.339 e. The van der Waals surface area contributed by atoms with Crippen molar-refractivity contribution in [3.8, 4) is 0 Å². The lowest BCUT2D eigenvalue weighted by atomic mass is 9.99. The van der Waals surface area contributed by atoms with Crippen LogP contribution in [0.2, 0.25) is 0 Å². The molecule has 0 radical (unpaired) electrons. The summed E-state index contributed by atoms with van der Waals surface area (Å²) in [6.45, 7) is 0.786. The largest absolute Gasteiger partial charge is 0.339 e. The van der Waals surface area contributed by atoms with Crippen molar-refractivity contribution in [3.63, 3.8) is 0 Å². The molecule has 1 aliphatic heterocycles. The monoisotopic (exact) mass is 378 g/mol. The van der Waals surface area contributed by atoms with Crippen LogP contribution in [0.4, 0.5) is 11.4 Å². The number of aromatic nitrogens is 2. The van der Waals surface area contributed by atoms with Crippen molar-refractivity contribution in [2.45, 2.75) is 47.4 Å². The van der Waals surface area contributed by atoms with E-state index in [1.807, 2.05) is 11.8 Å². The van der Waals surface area contributed by atoms with Crippen LogP contribution in [0.25, 0.3) is 0 Å². The fraction of sp³-hybridized carbons (Fsp3) is 0.333. The standard InChI is InChI=1S/C21H22N4OS/c22-21(12-5-6-13-21)20-23-19(26-24-20)11-14-25-15-7-1-3-9-17(15)27-18-10-4-2-8-16(18)25/h1-4,7-10H,5-6,11-14,22H2. The minimum absolute atomic E-state index is 0.400. The van der Waals surface area contributed by atoms with Crippen LogP contribution in [0, 0.1) is 0 Å². The first kappa shape index (κ1) is 16.8. The van der Waals surface area contributed by atoms with Gasteiger partial charge >= 0.3 is 0 Å². The van der Waals surface area contributed by atoms with E-state index in [4.69, 9.17) is 10.3 Å². The van der Waals surface area contributed by atoms with Gasteiger partial charge in [0, 0.05) is 22.8 Å². The molecule has 138 valence electrons. The van der Waals surface area contributed by atoms with Crippen molar-refractivity contribution in [3.05, 3.63) is 60.2 Å². The summed E-state index contributed by atoms with van der Waals surface area (Å²) >= 11 is 1.82. The number of benzene rings is 2. The fourth-order valence-corrected chi connectivity index (χ4v) is 5.11. The third kappa shape index (κ3) is 3.03. The molecule has 2 N–H and O–H groups in total. The zero-order valence-corrected chi connectivity index (χ0v) is 15.9. The number of rotatable bonds is 4. The van der Waals surface area contributed by atoms with E-state index in [1.165, 1.54) is 21.2 Å².